The molecule has 0 spiro atoms. The Balaban J connectivity index is 2.10. The van der Waals surface area contributed by atoms with E-state index in [0.29, 0.717) is 6.42 Å². The maximum Gasteiger partial charge on any atom is 0.308 e. The van der Waals surface area contributed by atoms with E-state index in [1.54, 1.807) is 27.7 Å². The molecule has 41 heavy (non-hydrogen) atoms. The Morgan fingerprint density at radius 2 is 1.41 bits per heavy atom. The third-order valence-corrected chi connectivity index (χ3v) is 7.62. The van der Waals surface area contributed by atoms with Crippen molar-refractivity contribution >= 4 is 11.9 Å². The standard InChI is InChI=1S/C29H52O12/c1-7-9-10-11-12-13-14-36-29-25(21(31)20(30)19(39-29)15-37-27(35)17(5)8-2)41-28-23(33)22(32)24(18(6)38-28)40-26(34)16(3)4/h16-25,28-33H,7-15H2,1-6H3. The number of aliphatic hydroxyl groups is 4. The summed E-state index contributed by atoms with van der Waals surface area (Å²) in [6.45, 7) is 10.5. The maximum absolute atomic E-state index is 12.2. The Labute approximate surface area is 243 Å². The van der Waals surface area contributed by atoms with Crippen molar-refractivity contribution in [1.29, 1.82) is 0 Å². The molecule has 4 N–H and O–H groups in total. The van der Waals surface area contributed by atoms with Crippen LogP contribution in [-0.4, -0.2) is 107 Å². The molecule has 0 aromatic rings. The van der Waals surface area contributed by atoms with Gasteiger partial charge in [0.25, 0.3) is 0 Å². The lowest BCUT2D eigenvalue weighted by atomic mass is 9.97. The smallest absolute Gasteiger partial charge is 0.308 e. The highest BCUT2D eigenvalue weighted by Gasteiger charge is 2.51. The van der Waals surface area contributed by atoms with E-state index in [4.69, 9.17) is 28.4 Å². The molecule has 2 heterocycles. The Morgan fingerprint density at radius 1 is 0.780 bits per heavy atom. The van der Waals surface area contributed by atoms with Gasteiger partial charge in [-0.05, 0) is 19.8 Å². The molecule has 2 aliphatic rings. The first-order valence-electron chi connectivity index (χ1n) is 15.1. The van der Waals surface area contributed by atoms with E-state index >= 15 is 0 Å². The fourth-order valence-electron chi connectivity index (χ4n) is 4.58. The maximum atomic E-state index is 12.2. The Bertz CT molecular complexity index is 779. The zero-order valence-corrected chi connectivity index (χ0v) is 25.3. The SMILES string of the molecule is CCCCCCCCOC1OC(COC(=O)C(C)CC)C(O)C(O)C1OC1OC(C)C(OC(=O)C(C)C)C(O)C1O. The van der Waals surface area contributed by atoms with Crippen LogP contribution in [0.25, 0.3) is 0 Å². The number of hydrogen-bond donors (Lipinski definition) is 4. The highest BCUT2D eigenvalue weighted by atomic mass is 16.8. The minimum absolute atomic E-state index is 0.277. The van der Waals surface area contributed by atoms with Crippen molar-refractivity contribution in [3.05, 3.63) is 0 Å². The molecular weight excluding hydrogens is 540 g/mol. The Morgan fingerprint density at radius 3 is 2.05 bits per heavy atom. The van der Waals surface area contributed by atoms with Gasteiger partial charge >= 0.3 is 11.9 Å². The average molecular weight is 593 g/mol. The van der Waals surface area contributed by atoms with Crippen LogP contribution >= 0.6 is 0 Å². The lowest BCUT2D eigenvalue weighted by Gasteiger charge is -2.46. The molecular formula is C29H52O12. The quantitative estimate of drug-likeness (QED) is 0.152. The molecule has 0 radical (unpaired) electrons. The lowest BCUT2D eigenvalue weighted by Crippen LogP contribution is -2.64. The van der Waals surface area contributed by atoms with Crippen LogP contribution < -0.4 is 0 Å². The summed E-state index contributed by atoms with van der Waals surface area (Å²) < 4.78 is 34.1. The first-order chi connectivity index (χ1) is 19.4. The van der Waals surface area contributed by atoms with E-state index in [1.807, 2.05) is 6.92 Å². The highest BCUT2D eigenvalue weighted by molar-refractivity contribution is 5.72. The fourth-order valence-corrected chi connectivity index (χ4v) is 4.58. The normalized spacial score (nSPS) is 34.8. The summed E-state index contributed by atoms with van der Waals surface area (Å²) in [4.78, 5) is 24.3. The molecule has 2 fully saturated rings. The van der Waals surface area contributed by atoms with Crippen molar-refractivity contribution in [2.45, 2.75) is 148 Å². The van der Waals surface area contributed by atoms with Crippen molar-refractivity contribution in [2.24, 2.45) is 11.8 Å². The molecule has 0 saturated carbocycles. The second kappa shape index (κ2) is 17.7. The largest absolute Gasteiger partial charge is 0.463 e. The van der Waals surface area contributed by atoms with Gasteiger partial charge in [-0.2, -0.15) is 0 Å². The second-order valence-corrected chi connectivity index (χ2v) is 11.4. The van der Waals surface area contributed by atoms with Crippen molar-refractivity contribution in [3.63, 3.8) is 0 Å². The van der Waals surface area contributed by atoms with Crippen LogP contribution in [0.3, 0.4) is 0 Å². The molecule has 12 heteroatoms. The van der Waals surface area contributed by atoms with E-state index < -0.39 is 79.3 Å². The number of carbonyl (C=O) groups excluding carboxylic acids is 2. The van der Waals surface area contributed by atoms with Gasteiger partial charge in [-0.25, -0.2) is 0 Å². The van der Waals surface area contributed by atoms with Crippen LogP contribution in [0.1, 0.15) is 86.5 Å². The van der Waals surface area contributed by atoms with Crippen LogP contribution in [0.2, 0.25) is 0 Å². The molecule has 0 amide bonds. The molecule has 12 nitrogen and oxygen atoms in total. The van der Waals surface area contributed by atoms with Crippen LogP contribution in [0.15, 0.2) is 0 Å². The summed E-state index contributed by atoms with van der Waals surface area (Å²) in [5, 5.41) is 43.3. The molecule has 11 atom stereocenters. The van der Waals surface area contributed by atoms with Gasteiger partial charge in [0, 0.05) is 6.61 Å². The lowest BCUT2D eigenvalue weighted by molar-refractivity contribution is -0.365. The van der Waals surface area contributed by atoms with E-state index in [1.165, 1.54) is 0 Å². The third-order valence-electron chi connectivity index (χ3n) is 7.62. The van der Waals surface area contributed by atoms with Gasteiger partial charge in [0.1, 0.15) is 43.2 Å². The van der Waals surface area contributed by atoms with Gasteiger partial charge in [-0.15, -0.1) is 0 Å². The van der Waals surface area contributed by atoms with Gasteiger partial charge in [0.15, 0.2) is 18.7 Å². The summed E-state index contributed by atoms with van der Waals surface area (Å²) in [7, 11) is 0. The fraction of sp³-hybridized carbons (Fsp3) is 0.931. The van der Waals surface area contributed by atoms with Crippen molar-refractivity contribution in [3.8, 4) is 0 Å². The van der Waals surface area contributed by atoms with Crippen LogP contribution in [0, 0.1) is 11.8 Å². The van der Waals surface area contributed by atoms with Gasteiger partial charge in [0.05, 0.1) is 17.9 Å². The molecule has 2 rings (SSSR count). The molecule has 11 unspecified atom stereocenters. The molecule has 0 aliphatic carbocycles. The second-order valence-electron chi connectivity index (χ2n) is 11.4. The van der Waals surface area contributed by atoms with E-state index in [-0.39, 0.29) is 19.1 Å². The Hall–Kier alpha value is -1.38. The van der Waals surface area contributed by atoms with Gasteiger partial charge in [-0.1, -0.05) is 66.7 Å². The molecule has 2 saturated heterocycles. The average Bonchev–Trinajstić information content (AvgIpc) is 2.94. The minimum Gasteiger partial charge on any atom is -0.463 e. The minimum atomic E-state index is -1.64. The summed E-state index contributed by atoms with van der Waals surface area (Å²) >= 11 is 0. The number of rotatable bonds is 16. The number of ether oxygens (including phenoxy) is 6. The van der Waals surface area contributed by atoms with Crippen LogP contribution in [-0.2, 0) is 38.0 Å². The van der Waals surface area contributed by atoms with Gasteiger partial charge < -0.3 is 48.8 Å². The predicted molar refractivity (Wildman–Crippen MR) is 146 cm³/mol. The van der Waals surface area contributed by atoms with Gasteiger partial charge in [-0.3, -0.25) is 9.59 Å². The highest BCUT2D eigenvalue weighted by Crippen LogP contribution is 2.31. The van der Waals surface area contributed by atoms with Crippen LogP contribution in [0.5, 0.6) is 0 Å². The molecule has 2 aliphatic heterocycles. The van der Waals surface area contributed by atoms with Gasteiger partial charge in [0.2, 0.25) is 0 Å². The molecule has 240 valence electrons. The molecule has 0 bridgehead atoms. The predicted octanol–water partition coefficient (Wildman–Crippen LogP) is 1.82. The first-order valence-corrected chi connectivity index (χ1v) is 15.1. The summed E-state index contributed by atoms with van der Waals surface area (Å²) in [5.74, 6) is -1.79. The summed E-state index contributed by atoms with van der Waals surface area (Å²) in [6.07, 6.45) is -6.59. The van der Waals surface area contributed by atoms with Crippen molar-refractivity contribution in [2.75, 3.05) is 13.2 Å². The number of esters is 2. The van der Waals surface area contributed by atoms with Crippen molar-refractivity contribution in [1.82, 2.24) is 0 Å². The summed E-state index contributed by atoms with van der Waals surface area (Å²) in [6, 6.07) is 0. The van der Waals surface area contributed by atoms with E-state index in [9.17, 15) is 30.0 Å². The van der Waals surface area contributed by atoms with Crippen molar-refractivity contribution < 1.29 is 58.4 Å². The van der Waals surface area contributed by atoms with Crippen LogP contribution in [0.4, 0.5) is 0 Å². The Kier molecular flexibility index (Phi) is 15.4. The monoisotopic (exact) mass is 592 g/mol. The van der Waals surface area contributed by atoms with E-state index in [0.717, 1.165) is 38.5 Å². The zero-order chi connectivity index (χ0) is 30.7. The summed E-state index contributed by atoms with van der Waals surface area (Å²) in [5.41, 5.74) is 0. The number of unbranched alkanes of at least 4 members (excludes halogenated alkanes) is 5. The third kappa shape index (κ3) is 10.4. The topological polar surface area (TPSA) is 170 Å². The zero-order valence-electron chi connectivity index (χ0n) is 25.3. The number of carbonyl (C=O) groups is 2. The number of hydrogen-bond acceptors (Lipinski definition) is 12. The first kappa shape index (κ1) is 35.8. The van der Waals surface area contributed by atoms with E-state index in [2.05, 4.69) is 6.92 Å². The number of aliphatic hydroxyl groups excluding tert-OH is 4. The molecule has 0 aromatic carbocycles. The molecule has 0 aromatic heterocycles.